The predicted molar refractivity (Wildman–Crippen MR) is 97.2 cm³/mol. The Bertz CT molecular complexity index is 731. The Kier molecular flexibility index (Phi) is 4.70. The summed E-state index contributed by atoms with van der Waals surface area (Å²) in [4.78, 5) is 16.5. The second-order valence-electron chi connectivity index (χ2n) is 7.03. The van der Waals surface area contributed by atoms with Gasteiger partial charge in [0.05, 0.1) is 17.2 Å². The van der Waals surface area contributed by atoms with Crippen molar-refractivity contribution in [1.82, 2.24) is 15.1 Å². The van der Waals surface area contributed by atoms with E-state index in [2.05, 4.69) is 10.2 Å². The third-order valence-corrected chi connectivity index (χ3v) is 5.96. The van der Waals surface area contributed by atoms with Crippen LogP contribution in [0, 0.1) is 12.8 Å². The fraction of sp³-hybridized carbons (Fsp3) is 0.526. The Morgan fingerprint density at radius 1 is 1.16 bits per heavy atom. The van der Waals surface area contributed by atoms with Gasteiger partial charge in [-0.25, -0.2) is 0 Å². The molecule has 132 valence electrons. The van der Waals surface area contributed by atoms with Gasteiger partial charge in [0.15, 0.2) is 0 Å². The lowest BCUT2D eigenvalue weighted by atomic mass is 9.98. The summed E-state index contributed by atoms with van der Waals surface area (Å²) in [6, 6.07) is 7.90. The van der Waals surface area contributed by atoms with E-state index in [1.54, 1.807) is 11.3 Å². The zero-order chi connectivity index (χ0) is 17.2. The number of hydrogen-bond donors (Lipinski definition) is 0. The van der Waals surface area contributed by atoms with Gasteiger partial charge < -0.3 is 9.64 Å². The van der Waals surface area contributed by atoms with Gasteiger partial charge in [0, 0.05) is 30.0 Å². The second-order valence-corrected chi connectivity index (χ2v) is 8.32. The molecule has 0 atom stereocenters. The van der Waals surface area contributed by atoms with Gasteiger partial charge in [-0.2, -0.15) is 5.10 Å². The molecule has 0 spiro atoms. The maximum Gasteiger partial charge on any atom is 0.263 e. The van der Waals surface area contributed by atoms with E-state index in [4.69, 9.17) is 4.74 Å². The summed E-state index contributed by atoms with van der Waals surface area (Å²) in [5.74, 6) is 1.87. The summed E-state index contributed by atoms with van der Waals surface area (Å²) >= 11 is 1.57. The number of aromatic nitrogens is 2. The maximum atomic E-state index is 12.5. The summed E-state index contributed by atoms with van der Waals surface area (Å²) in [6.07, 6.45) is 4.42. The average Bonchev–Trinajstić information content (AvgIpc) is 3.41. The Balaban J connectivity index is 1.24. The van der Waals surface area contributed by atoms with Crippen LogP contribution in [0.15, 0.2) is 24.3 Å². The van der Waals surface area contributed by atoms with E-state index in [0.717, 1.165) is 36.5 Å². The summed E-state index contributed by atoms with van der Waals surface area (Å²) in [6.45, 7) is 4.29. The van der Waals surface area contributed by atoms with Gasteiger partial charge in [0.1, 0.15) is 0 Å². The van der Waals surface area contributed by atoms with Crippen molar-refractivity contribution >= 4 is 17.2 Å². The summed E-state index contributed by atoms with van der Waals surface area (Å²) in [5, 5.41) is 8.42. The third-order valence-electron chi connectivity index (χ3n) is 4.98. The second kappa shape index (κ2) is 7.12. The van der Waals surface area contributed by atoms with E-state index < -0.39 is 0 Å². The van der Waals surface area contributed by atoms with E-state index in [9.17, 15) is 4.79 Å². The molecule has 0 unspecified atom stereocenters. The van der Waals surface area contributed by atoms with Crippen molar-refractivity contribution in [2.45, 2.75) is 38.5 Å². The van der Waals surface area contributed by atoms with Crippen molar-refractivity contribution in [2.24, 2.45) is 5.92 Å². The number of hydrogen-bond acceptors (Lipinski definition) is 5. The van der Waals surface area contributed by atoms with E-state index in [-0.39, 0.29) is 5.91 Å². The van der Waals surface area contributed by atoms with Gasteiger partial charge in [-0.05, 0) is 56.7 Å². The normalized spacial score (nSPS) is 18.4. The quantitative estimate of drug-likeness (QED) is 0.819. The number of ether oxygens (including phenoxy) is 1. The van der Waals surface area contributed by atoms with Crippen LogP contribution in [0.25, 0.3) is 0 Å². The molecule has 3 heterocycles. The molecule has 25 heavy (non-hydrogen) atoms. The largest absolute Gasteiger partial charge is 0.476 e. The fourth-order valence-corrected chi connectivity index (χ4v) is 4.05. The minimum Gasteiger partial charge on any atom is -0.476 e. The number of amides is 1. The van der Waals surface area contributed by atoms with E-state index in [1.165, 1.54) is 17.7 Å². The molecule has 2 aromatic heterocycles. The van der Waals surface area contributed by atoms with Crippen molar-refractivity contribution in [2.75, 3.05) is 19.7 Å². The van der Waals surface area contributed by atoms with Crippen LogP contribution in [0.4, 0.5) is 0 Å². The molecule has 0 N–H and O–H groups in total. The summed E-state index contributed by atoms with van der Waals surface area (Å²) in [5.41, 5.74) is 1.09. The Labute approximate surface area is 152 Å². The average molecular weight is 357 g/mol. The molecular weight excluding hydrogens is 334 g/mol. The minimum atomic E-state index is 0.166. The van der Waals surface area contributed by atoms with E-state index >= 15 is 0 Å². The van der Waals surface area contributed by atoms with Crippen molar-refractivity contribution in [3.05, 3.63) is 39.7 Å². The number of nitrogens with zero attached hydrogens (tertiary/aromatic N) is 3. The van der Waals surface area contributed by atoms with Gasteiger partial charge in [-0.1, -0.05) is 0 Å². The molecule has 1 aliphatic carbocycles. The first-order chi connectivity index (χ1) is 12.2. The molecule has 0 radical (unpaired) electrons. The first kappa shape index (κ1) is 16.5. The van der Waals surface area contributed by atoms with Crippen LogP contribution in [0.1, 0.15) is 51.8 Å². The van der Waals surface area contributed by atoms with Crippen LogP contribution in [0.3, 0.4) is 0 Å². The van der Waals surface area contributed by atoms with E-state index in [1.807, 2.05) is 36.1 Å². The molecule has 0 bridgehead atoms. The van der Waals surface area contributed by atoms with Crippen LogP contribution in [-0.2, 0) is 0 Å². The van der Waals surface area contributed by atoms with Crippen LogP contribution in [0.5, 0.6) is 5.88 Å². The molecule has 4 rings (SSSR count). The predicted octanol–water partition coefficient (Wildman–Crippen LogP) is 3.66. The molecule has 2 aliphatic rings. The molecule has 5 nitrogen and oxygen atoms in total. The molecule has 1 amide bonds. The molecule has 2 fully saturated rings. The summed E-state index contributed by atoms with van der Waals surface area (Å²) < 4.78 is 5.81. The lowest BCUT2D eigenvalue weighted by Gasteiger charge is -2.31. The van der Waals surface area contributed by atoms with Crippen molar-refractivity contribution in [1.29, 1.82) is 0 Å². The Morgan fingerprint density at radius 2 is 1.96 bits per heavy atom. The maximum absolute atomic E-state index is 12.5. The number of likely N-dealkylation sites (tertiary alicyclic amines) is 1. The zero-order valence-electron chi connectivity index (χ0n) is 14.5. The molecule has 1 saturated carbocycles. The van der Waals surface area contributed by atoms with Gasteiger partial charge in [0.25, 0.3) is 5.91 Å². The van der Waals surface area contributed by atoms with Gasteiger partial charge in [0.2, 0.25) is 5.88 Å². The van der Waals surface area contributed by atoms with Gasteiger partial charge in [-0.15, -0.1) is 16.4 Å². The van der Waals surface area contributed by atoms with Gasteiger partial charge in [-0.3, -0.25) is 4.79 Å². The van der Waals surface area contributed by atoms with Crippen molar-refractivity contribution in [3.63, 3.8) is 0 Å². The fourth-order valence-electron chi connectivity index (χ4n) is 3.22. The van der Waals surface area contributed by atoms with E-state index in [0.29, 0.717) is 24.3 Å². The van der Waals surface area contributed by atoms with Crippen LogP contribution in [-0.4, -0.2) is 40.7 Å². The first-order valence-corrected chi connectivity index (χ1v) is 9.83. The Morgan fingerprint density at radius 3 is 2.56 bits per heavy atom. The highest BCUT2D eigenvalue weighted by Gasteiger charge is 2.26. The first-order valence-electron chi connectivity index (χ1n) is 9.01. The highest BCUT2D eigenvalue weighted by atomic mass is 32.1. The topological polar surface area (TPSA) is 55.3 Å². The zero-order valence-corrected chi connectivity index (χ0v) is 15.3. The number of carbonyl (C=O) groups excluding carboxylic acids is 1. The van der Waals surface area contributed by atoms with Crippen LogP contribution >= 0.6 is 11.3 Å². The van der Waals surface area contributed by atoms with Crippen molar-refractivity contribution < 1.29 is 9.53 Å². The molecule has 1 saturated heterocycles. The lowest BCUT2D eigenvalue weighted by Crippen LogP contribution is -2.39. The van der Waals surface area contributed by atoms with Crippen LogP contribution < -0.4 is 4.74 Å². The minimum absolute atomic E-state index is 0.166. The molecule has 1 aliphatic heterocycles. The van der Waals surface area contributed by atoms with Crippen molar-refractivity contribution in [3.8, 4) is 5.88 Å². The standard InChI is InChI=1S/C19H23N3O2S/c1-13-2-6-17(25-13)19(23)22-10-8-14(9-11-22)12-24-18-7-5-16(20-21-18)15-3-4-15/h2,5-7,14-15H,3-4,8-12H2,1H3. The SMILES string of the molecule is Cc1ccc(C(=O)N2CCC(COc3ccc(C4CC4)nn3)CC2)s1. The highest BCUT2D eigenvalue weighted by molar-refractivity contribution is 7.13. The molecule has 2 aromatic rings. The number of carbonyl (C=O) groups is 1. The monoisotopic (exact) mass is 357 g/mol. The molecular formula is C19H23N3O2S. The molecule has 0 aromatic carbocycles. The number of piperidine rings is 1. The summed E-state index contributed by atoms with van der Waals surface area (Å²) in [7, 11) is 0. The molecule has 6 heteroatoms. The smallest absolute Gasteiger partial charge is 0.263 e. The third kappa shape index (κ3) is 4.00. The number of aryl methyl sites for hydroxylation is 1. The lowest BCUT2D eigenvalue weighted by molar-refractivity contribution is 0.0664. The van der Waals surface area contributed by atoms with Crippen LogP contribution in [0.2, 0.25) is 0 Å². The van der Waals surface area contributed by atoms with Gasteiger partial charge >= 0.3 is 0 Å². The number of rotatable bonds is 5. The highest BCUT2D eigenvalue weighted by Crippen LogP contribution is 2.38. The number of thiophene rings is 1. The Hall–Kier alpha value is -1.95.